The van der Waals surface area contributed by atoms with Crippen LogP contribution in [0.4, 0.5) is 5.69 Å². The molecule has 1 aliphatic rings. The number of hydrogen-bond acceptors (Lipinski definition) is 5. The molecule has 0 bridgehead atoms. The number of amides is 2. The molecule has 0 aromatic heterocycles. The summed E-state index contributed by atoms with van der Waals surface area (Å²) in [7, 11) is 1.68. The summed E-state index contributed by atoms with van der Waals surface area (Å²) in [6.45, 7) is 4.36. The molecule has 1 aromatic rings. The monoisotopic (exact) mass is 363 g/mol. The number of ether oxygens (including phenoxy) is 1. The Morgan fingerprint density at radius 2 is 2.08 bits per heavy atom. The van der Waals surface area contributed by atoms with Crippen LogP contribution in [-0.2, 0) is 32.2 Å². The summed E-state index contributed by atoms with van der Waals surface area (Å²) in [5.41, 5.74) is 2.88. The molecule has 8 nitrogen and oxygen atoms in total. The molecule has 0 radical (unpaired) electrons. The first-order chi connectivity index (χ1) is 12.4. The fraction of sp³-hybridized carbons (Fsp3) is 0.500. The molecule has 3 N–H and O–H groups in total. The van der Waals surface area contributed by atoms with E-state index in [-0.39, 0.29) is 6.42 Å². The van der Waals surface area contributed by atoms with Crippen LogP contribution in [0, 0.1) is 0 Å². The number of nitrogens with zero attached hydrogens (tertiary/aromatic N) is 1. The van der Waals surface area contributed by atoms with Crippen molar-refractivity contribution in [3.63, 3.8) is 0 Å². The molecule has 0 fully saturated rings. The maximum absolute atomic E-state index is 12.2. The third-order valence-electron chi connectivity index (χ3n) is 4.21. The molecule has 1 heterocycles. The summed E-state index contributed by atoms with van der Waals surface area (Å²) in [6, 6.07) is 4.47. The van der Waals surface area contributed by atoms with Crippen LogP contribution in [0.2, 0.25) is 0 Å². The van der Waals surface area contributed by atoms with E-state index in [1.165, 1.54) is 6.92 Å². The van der Waals surface area contributed by atoms with Gasteiger partial charge < -0.3 is 20.5 Å². The van der Waals surface area contributed by atoms with Gasteiger partial charge >= 0.3 is 5.97 Å². The highest BCUT2D eigenvalue weighted by Crippen LogP contribution is 2.29. The maximum atomic E-state index is 12.2. The van der Waals surface area contributed by atoms with Gasteiger partial charge in [0.25, 0.3) is 0 Å². The number of fused-ring (bicyclic) bond motifs is 1. The van der Waals surface area contributed by atoms with Crippen molar-refractivity contribution < 1.29 is 24.2 Å². The molecular weight excluding hydrogens is 338 g/mol. The molecule has 2 rings (SSSR count). The number of carbonyl (C=O) groups excluding carboxylic acids is 2. The van der Waals surface area contributed by atoms with Crippen molar-refractivity contribution in [2.75, 3.05) is 25.6 Å². The smallest absolute Gasteiger partial charge is 0.326 e. The van der Waals surface area contributed by atoms with Gasteiger partial charge in [0, 0.05) is 46.0 Å². The molecular formula is C18H25N3O5. The molecule has 142 valence electrons. The second-order valence-electron chi connectivity index (χ2n) is 6.34. The Balaban J connectivity index is 1.99. The number of benzene rings is 1. The summed E-state index contributed by atoms with van der Waals surface area (Å²) in [6.07, 6.45) is 0.610. The van der Waals surface area contributed by atoms with E-state index in [0.717, 1.165) is 37.2 Å². The average Bonchev–Trinajstić information content (AvgIpc) is 2.98. The molecule has 0 unspecified atom stereocenters. The number of anilines is 1. The van der Waals surface area contributed by atoms with Crippen molar-refractivity contribution in [2.24, 2.45) is 0 Å². The predicted octanol–water partition coefficient (Wildman–Crippen LogP) is 0.957. The van der Waals surface area contributed by atoms with Crippen LogP contribution in [0.25, 0.3) is 0 Å². The second kappa shape index (κ2) is 9.30. The average molecular weight is 363 g/mol. The van der Waals surface area contributed by atoms with Gasteiger partial charge in [0.05, 0.1) is 6.42 Å². The molecule has 1 aromatic carbocycles. The fourth-order valence-corrected chi connectivity index (χ4v) is 3.03. The Hall–Kier alpha value is -2.45. The summed E-state index contributed by atoms with van der Waals surface area (Å²) < 4.78 is 5.08. The number of nitrogens with one attached hydrogen (secondary N) is 2. The number of hydrogen-bond donors (Lipinski definition) is 3. The zero-order chi connectivity index (χ0) is 19.1. The van der Waals surface area contributed by atoms with Crippen molar-refractivity contribution in [3.8, 4) is 0 Å². The third kappa shape index (κ3) is 5.53. The topological polar surface area (TPSA) is 108 Å². The lowest BCUT2D eigenvalue weighted by Crippen LogP contribution is -2.42. The van der Waals surface area contributed by atoms with E-state index in [0.29, 0.717) is 12.3 Å². The minimum Gasteiger partial charge on any atom is -0.480 e. The van der Waals surface area contributed by atoms with Crippen LogP contribution in [-0.4, -0.2) is 54.1 Å². The number of carboxylic acid groups (broad SMARTS) is 1. The molecule has 0 spiro atoms. The molecule has 0 aliphatic carbocycles. The number of aliphatic carboxylic acids is 1. The van der Waals surface area contributed by atoms with E-state index in [1.54, 1.807) is 7.11 Å². The zero-order valence-corrected chi connectivity index (χ0v) is 15.1. The molecule has 8 heteroatoms. The molecule has 0 saturated heterocycles. The Bertz CT molecular complexity index is 677. The van der Waals surface area contributed by atoms with Gasteiger partial charge in [-0.15, -0.1) is 0 Å². The van der Waals surface area contributed by atoms with Gasteiger partial charge in [-0.1, -0.05) is 12.1 Å². The van der Waals surface area contributed by atoms with E-state index >= 15 is 0 Å². The van der Waals surface area contributed by atoms with Crippen LogP contribution in [0.5, 0.6) is 0 Å². The Kier molecular flexibility index (Phi) is 7.11. The lowest BCUT2D eigenvalue weighted by molar-refractivity contribution is -0.142. The Morgan fingerprint density at radius 1 is 1.31 bits per heavy atom. The Labute approximate surface area is 152 Å². The van der Waals surface area contributed by atoms with Crippen molar-refractivity contribution >= 4 is 23.5 Å². The number of carbonyl (C=O) groups is 3. The van der Waals surface area contributed by atoms with Crippen molar-refractivity contribution in [1.82, 2.24) is 10.2 Å². The van der Waals surface area contributed by atoms with Gasteiger partial charge in [-0.25, -0.2) is 4.79 Å². The zero-order valence-electron chi connectivity index (χ0n) is 15.1. The normalized spacial score (nSPS) is 14.5. The van der Waals surface area contributed by atoms with E-state index in [4.69, 9.17) is 9.84 Å². The van der Waals surface area contributed by atoms with Gasteiger partial charge in [-0.3, -0.25) is 14.5 Å². The van der Waals surface area contributed by atoms with Gasteiger partial charge in [-0.05, 0) is 23.6 Å². The highest BCUT2D eigenvalue weighted by Gasteiger charge is 2.25. The van der Waals surface area contributed by atoms with Gasteiger partial charge in [-0.2, -0.15) is 0 Å². The molecule has 1 aliphatic heterocycles. The number of carboxylic acids is 1. The first kappa shape index (κ1) is 19.9. The van der Waals surface area contributed by atoms with Crippen molar-refractivity contribution in [2.45, 2.75) is 38.9 Å². The highest BCUT2D eigenvalue weighted by atomic mass is 16.5. The Morgan fingerprint density at radius 3 is 2.73 bits per heavy atom. The van der Waals surface area contributed by atoms with E-state index in [1.807, 2.05) is 18.2 Å². The van der Waals surface area contributed by atoms with E-state index < -0.39 is 23.8 Å². The minimum atomic E-state index is -1.24. The summed E-state index contributed by atoms with van der Waals surface area (Å²) in [5, 5.41) is 14.2. The van der Waals surface area contributed by atoms with E-state index in [2.05, 4.69) is 15.5 Å². The van der Waals surface area contributed by atoms with Crippen molar-refractivity contribution in [1.29, 1.82) is 0 Å². The second-order valence-corrected chi connectivity index (χ2v) is 6.34. The van der Waals surface area contributed by atoms with Gasteiger partial charge in [0.15, 0.2) is 0 Å². The SMILES string of the molecule is COCCCN1Cc2cccc(NC(=O)C[C@H](NC(C)=O)C(=O)O)c2C1. The van der Waals surface area contributed by atoms with Crippen LogP contribution in [0.15, 0.2) is 18.2 Å². The summed E-state index contributed by atoms with van der Waals surface area (Å²) in [5.74, 6) is -2.17. The van der Waals surface area contributed by atoms with Crippen LogP contribution >= 0.6 is 0 Å². The first-order valence-corrected chi connectivity index (χ1v) is 8.52. The van der Waals surface area contributed by atoms with Gasteiger partial charge in [0.2, 0.25) is 11.8 Å². The number of rotatable bonds is 9. The minimum absolute atomic E-state index is 0.323. The standard InChI is InChI=1S/C18H25N3O5/c1-12(22)19-16(18(24)25)9-17(23)20-15-6-3-5-13-10-21(11-14(13)15)7-4-8-26-2/h3,5-6,16H,4,7-11H2,1-2H3,(H,19,22)(H,20,23)(H,24,25)/t16-/m0/s1. The number of methoxy groups -OCH3 is 1. The third-order valence-corrected chi connectivity index (χ3v) is 4.21. The van der Waals surface area contributed by atoms with Crippen LogP contribution in [0.3, 0.4) is 0 Å². The maximum Gasteiger partial charge on any atom is 0.326 e. The molecule has 26 heavy (non-hydrogen) atoms. The molecule has 2 amide bonds. The van der Waals surface area contributed by atoms with E-state index in [9.17, 15) is 14.4 Å². The fourth-order valence-electron chi connectivity index (χ4n) is 3.03. The summed E-state index contributed by atoms with van der Waals surface area (Å²) >= 11 is 0. The summed E-state index contributed by atoms with van der Waals surface area (Å²) in [4.78, 5) is 36.8. The molecule has 0 saturated carbocycles. The molecule has 1 atom stereocenters. The quantitative estimate of drug-likeness (QED) is 0.564. The van der Waals surface area contributed by atoms with Crippen molar-refractivity contribution in [3.05, 3.63) is 29.3 Å². The largest absolute Gasteiger partial charge is 0.480 e. The lowest BCUT2D eigenvalue weighted by Gasteiger charge is -2.15. The predicted molar refractivity (Wildman–Crippen MR) is 95.5 cm³/mol. The van der Waals surface area contributed by atoms with Crippen LogP contribution in [0.1, 0.15) is 30.9 Å². The lowest BCUT2D eigenvalue weighted by atomic mass is 10.1. The van der Waals surface area contributed by atoms with Crippen LogP contribution < -0.4 is 10.6 Å². The highest BCUT2D eigenvalue weighted by molar-refractivity contribution is 5.95. The van der Waals surface area contributed by atoms with Gasteiger partial charge in [0.1, 0.15) is 6.04 Å². The first-order valence-electron chi connectivity index (χ1n) is 8.52.